The number of anilines is 2. The lowest BCUT2D eigenvalue weighted by Crippen LogP contribution is -2.10. The van der Waals surface area contributed by atoms with Gasteiger partial charge in [-0.15, -0.1) is 10.2 Å². The van der Waals surface area contributed by atoms with Gasteiger partial charge in [-0.3, -0.25) is 0 Å². The van der Waals surface area contributed by atoms with Gasteiger partial charge in [0.1, 0.15) is 24.3 Å². The smallest absolute Gasteiger partial charge is 0.151 e. The maximum atomic E-state index is 4.23. The van der Waals surface area contributed by atoms with E-state index in [0.29, 0.717) is 6.54 Å². The Labute approximate surface area is 106 Å². The van der Waals surface area contributed by atoms with Gasteiger partial charge >= 0.3 is 0 Å². The zero-order chi connectivity index (χ0) is 13.0. The summed E-state index contributed by atoms with van der Waals surface area (Å²) in [6.45, 7) is 5.44. The fourth-order valence-electron chi connectivity index (χ4n) is 1.60. The van der Waals surface area contributed by atoms with Crippen molar-refractivity contribution in [2.75, 3.05) is 17.2 Å². The Bertz CT molecular complexity index is 520. The molecular weight excluding hydrogens is 230 g/mol. The van der Waals surface area contributed by atoms with Crippen LogP contribution in [0.15, 0.2) is 12.7 Å². The van der Waals surface area contributed by atoms with E-state index in [-0.39, 0.29) is 0 Å². The molecule has 0 bridgehead atoms. The van der Waals surface area contributed by atoms with Crippen molar-refractivity contribution in [1.82, 2.24) is 24.7 Å². The molecule has 0 atom stereocenters. The van der Waals surface area contributed by atoms with Crippen molar-refractivity contribution in [2.45, 2.75) is 20.4 Å². The van der Waals surface area contributed by atoms with Crippen LogP contribution in [0.4, 0.5) is 11.6 Å². The normalized spacial score (nSPS) is 10.4. The highest BCUT2D eigenvalue weighted by molar-refractivity contribution is 5.56. The van der Waals surface area contributed by atoms with E-state index in [9.17, 15) is 0 Å². The molecule has 0 unspecified atom stereocenters. The summed E-state index contributed by atoms with van der Waals surface area (Å²) in [5, 5.41) is 14.3. The third-order valence-electron chi connectivity index (χ3n) is 2.65. The van der Waals surface area contributed by atoms with Crippen LogP contribution in [0.5, 0.6) is 0 Å². The highest BCUT2D eigenvalue weighted by Gasteiger charge is 2.07. The van der Waals surface area contributed by atoms with E-state index in [2.05, 4.69) is 30.8 Å². The predicted molar refractivity (Wildman–Crippen MR) is 69.3 cm³/mol. The van der Waals surface area contributed by atoms with Gasteiger partial charge in [-0.2, -0.15) is 0 Å². The monoisotopic (exact) mass is 247 g/mol. The molecule has 7 heteroatoms. The first-order valence-corrected chi connectivity index (χ1v) is 5.84. The van der Waals surface area contributed by atoms with Crippen molar-refractivity contribution < 1.29 is 0 Å². The molecule has 7 nitrogen and oxygen atoms in total. The van der Waals surface area contributed by atoms with Gasteiger partial charge in [0.25, 0.3) is 0 Å². The molecule has 18 heavy (non-hydrogen) atoms. The van der Waals surface area contributed by atoms with Crippen LogP contribution in [0.3, 0.4) is 0 Å². The summed E-state index contributed by atoms with van der Waals surface area (Å²) >= 11 is 0. The van der Waals surface area contributed by atoms with Crippen molar-refractivity contribution in [3.8, 4) is 0 Å². The number of aromatic nitrogens is 5. The molecule has 0 saturated carbocycles. The van der Waals surface area contributed by atoms with Crippen molar-refractivity contribution in [3.05, 3.63) is 24.0 Å². The fraction of sp³-hybridized carbons (Fsp3) is 0.455. The summed E-state index contributed by atoms with van der Waals surface area (Å²) in [4.78, 5) is 8.43. The molecule has 0 aliphatic carbocycles. The van der Waals surface area contributed by atoms with Crippen LogP contribution in [0.1, 0.15) is 18.3 Å². The predicted octanol–water partition coefficient (Wildman–Crippen LogP) is 0.957. The van der Waals surface area contributed by atoms with Crippen molar-refractivity contribution in [2.24, 2.45) is 7.05 Å². The molecule has 0 spiro atoms. The third kappa shape index (κ3) is 2.55. The van der Waals surface area contributed by atoms with Crippen LogP contribution < -0.4 is 10.6 Å². The molecule has 0 fully saturated rings. The molecule has 0 aliphatic rings. The molecule has 0 aliphatic heterocycles. The Morgan fingerprint density at radius 2 is 1.94 bits per heavy atom. The van der Waals surface area contributed by atoms with Crippen molar-refractivity contribution in [3.63, 3.8) is 0 Å². The highest BCUT2D eigenvalue weighted by atomic mass is 15.3. The quantitative estimate of drug-likeness (QED) is 0.819. The average Bonchev–Trinajstić information content (AvgIpc) is 2.76. The van der Waals surface area contributed by atoms with E-state index in [0.717, 1.165) is 29.6 Å². The second kappa shape index (κ2) is 5.44. The van der Waals surface area contributed by atoms with Gasteiger partial charge in [-0.05, 0) is 13.8 Å². The summed E-state index contributed by atoms with van der Waals surface area (Å²) in [5.41, 5.74) is 1.00. The molecule has 0 radical (unpaired) electrons. The van der Waals surface area contributed by atoms with Gasteiger partial charge in [0.05, 0.1) is 6.54 Å². The maximum absolute atomic E-state index is 4.23. The molecule has 0 saturated heterocycles. The van der Waals surface area contributed by atoms with Crippen molar-refractivity contribution >= 4 is 11.6 Å². The highest BCUT2D eigenvalue weighted by Crippen LogP contribution is 2.18. The van der Waals surface area contributed by atoms with E-state index in [1.165, 1.54) is 0 Å². The molecule has 2 aromatic rings. The minimum absolute atomic E-state index is 0.583. The summed E-state index contributed by atoms with van der Waals surface area (Å²) in [6, 6.07) is 0. The van der Waals surface area contributed by atoms with Gasteiger partial charge in [-0.1, -0.05) is 0 Å². The number of aryl methyl sites for hydroxylation is 1. The third-order valence-corrected chi connectivity index (χ3v) is 2.65. The minimum atomic E-state index is 0.583. The Morgan fingerprint density at radius 1 is 1.22 bits per heavy atom. The second-order valence-electron chi connectivity index (χ2n) is 3.94. The summed E-state index contributed by atoms with van der Waals surface area (Å²) < 4.78 is 1.87. The Balaban J connectivity index is 2.10. The number of nitrogens with one attached hydrogen (secondary N) is 2. The molecule has 0 amide bonds. The number of hydrogen-bond acceptors (Lipinski definition) is 6. The summed E-state index contributed by atoms with van der Waals surface area (Å²) in [7, 11) is 1.91. The molecule has 2 N–H and O–H groups in total. The lowest BCUT2D eigenvalue weighted by atomic mass is 10.3. The molecule has 0 aromatic carbocycles. The largest absolute Gasteiger partial charge is 0.370 e. The fourth-order valence-corrected chi connectivity index (χ4v) is 1.60. The lowest BCUT2D eigenvalue weighted by Gasteiger charge is -2.11. The van der Waals surface area contributed by atoms with E-state index in [1.54, 1.807) is 12.7 Å². The lowest BCUT2D eigenvalue weighted by molar-refractivity contribution is 0.809. The van der Waals surface area contributed by atoms with Gasteiger partial charge in [0.2, 0.25) is 0 Å². The van der Waals surface area contributed by atoms with E-state index in [4.69, 9.17) is 0 Å². The van der Waals surface area contributed by atoms with Crippen LogP contribution in [0, 0.1) is 6.92 Å². The molecule has 2 heterocycles. The topological polar surface area (TPSA) is 80.6 Å². The van der Waals surface area contributed by atoms with Gasteiger partial charge in [0, 0.05) is 19.2 Å². The average molecular weight is 247 g/mol. The molecular formula is C11H17N7. The number of hydrogen-bond donors (Lipinski definition) is 2. The Hall–Kier alpha value is -2.18. The van der Waals surface area contributed by atoms with E-state index < -0.39 is 0 Å². The number of nitrogens with zero attached hydrogens (tertiary/aromatic N) is 5. The zero-order valence-corrected chi connectivity index (χ0v) is 10.8. The van der Waals surface area contributed by atoms with Crippen LogP contribution in [-0.4, -0.2) is 31.3 Å². The van der Waals surface area contributed by atoms with Crippen LogP contribution >= 0.6 is 0 Å². The van der Waals surface area contributed by atoms with E-state index in [1.807, 2.05) is 25.5 Å². The van der Waals surface area contributed by atoms with Crippen LogP contribution in [0.2, 0.25) is 0 Å². The van der Waals surface area contributed by atoms with Crippen LogP contribution in [0.25, 0.3) is 0 Å². The summed E-state index contributed by atoms with van der Waals surface area (Å²) in [5.74, 6) is 2.52. The van der Waals surface area contributed by atoms with Gasteiger partial charge < -0.3 is 15.2 Å². The number of rotatable bonds is 5. The van der Waals surface area contributed by atoms with Gasteiger partial charge in [-0.25, -0.2) is 9.97 Å². The molecule has 96 valence electrons. The summed E-state index contributed by atoms with van der Waals surface area (Å²) in [6.07, 6.45) is 3.22. The first-order chi connectivity index (χ1) is 8.72. The first-order valence-electron chi connectivity index (χ1n) is 5.84. The maximum Gasteiger partial charge on any atom is 0.151 e. The first kappa shape index (κ1) is 12.3. The van der Waals surface area contributed by atoms with E-state index >= 15 is 0 Å². The van der Waals surface area contributed by atoms with Crippen molar-refractivity contribution in [1.29, 1.82) is 0 Å². The second-order valence-corrected chi connectivity index (χ2v) is 3.94. The van der Waals surface area contributed by atoms with Gasteiger partial charge in [0.15, 0.2) is 5.82 Å². The SMILES string of the molecule is CCNc1ncnc(NCc2nncn2C)c1C. The Morgan fingerprint density at radius 3 is 2.56 bits per heavy atom. The Kier molecular flexibility index (Phi) is 3.71. The minimum Gasteiger partial charge on any atom is -0.370 e. The standard InChI is InChI=1S/C11H17N7/c1-4-12-10-8(2)11(15-6-14-10)13-5-9-17-16-7-18(9)3/h6-7H,4-5H2,1-3H3,(H2,12,13,14,15). The zero-order valence-electron chi connectivity index (χ0n) is 10.8. The molecule has 2 rings (SSSR count). The van der Waals surface area contributed by atoms with Crippen LogP contribution in [-0.2, 0) is 13.6 Å². The molecule has 2 aromatic heterocycles.